The number of quaternary nitrogens is 1. The van der Waals surface area contributed by atoms with E-state index in [1.54, 1.807) is 0 Å². The molecule has 1 aliphatic rings. The van der Waals surface area contributed by atoms with Gasteiger partial charge in [0.1, 0.15) is 6.54 Å². The Morgan fingerprint density at radius 2 is 1.75 bits per heavy atom. The van der Waals surface area contributed by atoms with Crippen molar-refractivity contribution >= 4 is 6.08 Å². The van der Waals surface area contributed by atoms with Crippen LogP contribution in [0.15, 0.2) is 30.8 Å². The van der Waals surface area contributed by atoms with Crippen molar-refractivity contribution in [2.45, 2.75) is 25.8 Å². The third-order valence-electron chi connectivity index (χ3n) is 3.68. The summed E-state index contributed by atoms with van der Waals surface area (Å²) >= 11 is 0. The minimum Gasteiger partial charge on any atom is -0.322 e. The summed E-state index contributed by atoms with van der Waals surface area (Å²) in [5, 5.41) is 0. The number of hydrogen-bond acceptors (Lipinski definition) is 0. The lowest BCUT2D eigenvalue weighted by molar-refractivity contribution is -0.926. The van der Waals surface area contributed by atoms with Gasteiger partial charge in [0.05, 0.1) is 20.1 Å². The van der Waals surface area contributed by atoms with Crippen LogP contribution >= 0.6 is 0 Å². The monoisotopic (exact) mass is 216 g/mol. The molecule has 16 heavy (non-hydrogen) atoms. The van der Waals surface area contributed by atoms with Crippen molar-refractivity contribution in [2.75, 3.05) is 20.1 Å². The van der Waals surface area contributed by atoms with Crippen LogP contribution in [0.1, 0.15) is 30.4 Å². The second-order valence-electron chi connectivity index (χ2n) is 5.23. The van der Waals surface area contributed by atoms with Crippen molar-refractivity contribution in [3.05, 3.63) is 42.0 Å². The molecule has 0 amide bonds. The van der Waals surface area contributed by atoms with E-state index in [9.17, 15) is 0 Å². The molecule has 0 atom stereocenters. The fraction of sp³-hybridized carbons (Fsp3) is 0.467. The van der Waals surface area contributed by atoms with Gasteiger partial charge in [-0.3, -0.25) is 0 Å². The predicted octanol–water partition coefficient (Wildman–Crippen LogP) is 3.46. The van der Waals surface area contributed by atoms with Crippen LogP contribution < -0.4 is 0 Å². The highest BCUT2D eigenvalue weighted by Gasteiger charge is 2.24. The molecule has 1 aliphatic heterocycles. The van der Waals surface area contributed by atoms with Crippen molar-refractivity contribution in [3.63, 3.8) is 0 Å². The predicted molar refractivity (Wildman–Crippen MR) is 70.0 cm³/mol. The van der Waals surface area contributed by atoms with E-state index in [2.05, 4.69) is 37.9 Å². The minimum absolute atomic E-state index is 1.18. The van der Waals surface area contributed by atoms with Crippen molar-refractivity contribution in [1.82, 2.24) is 0 Å². The SMILES string of the molecule is C=Cc1ccc(C[N+]2(C)CCCCC2)cc1. The third kappa shape index (κ3) is 2.73. The largest absolute Gasteiger partial charge is 0.322 e. The highest BCUT2D eigenvalue weighted by atomic mass is 15.3. The van der Waals surface area contributed by atoms with Gasteiger partial charge in [0, 0.05) is 5.56 Å². The number of piperidine rings is 1. The Balaban J connectivity index is 2.04. The van der Waals surface area contributed by atoms with Gasteiger partial charge in [-0.1, -0.05) is 36.9 Å². The third-order valence-corrected chi connectivity index (χ3v) is 3.68. The Morgan fingerprint density at radius 1 is 1.12 bits per heavy atom. The van der Waals surface area contributed by atoms with Crippen molar-refractivity contribution in [1.29, 1.82) is 0 Å². The Morgan fingerprint density at radius 3 is 2.31 bits per heavy atom. The maximum absolute atomic E-state index is 3.79. The lowest BCUT2D eigenvalue weighted by Gasteiger charge is -2.37. The second kappa shape index (κ2) is 4.84. The molecule has 1 nitrogen and oxygen atoms in total. The van der Waals surface area contributed by atoms with Crippen molar-refractivity contribution in [3.8, 4) is 0 Å². The molecule has 0 unspecified atom stereocenters. The van der Waals surface area contributed by atoms with Gasteiger partial charge in [0.15, 0.2) is 0 Å². The summed E-state index contributed by atoms with van der Waals surface area (Å²) in [5.41, 5.74) is 2.67. The molecule has 1 aromatic carbocycles. The molecule has 1 fully saturated rings. The van der Waals surface area contributed by atoms with Crippen LogP contribution in [-0.4, -0.2) is 24.6 Å². The molecule has 1 saturated heterocycles. The molecule has 0 spiro atoms. The molecular formula is C15H22N+. The number of hydrogen-bond donors (Lipinski definition) is 0. The summed E-state index contributed by atoms with van der Waals surface area (Å²) in [6.45, 7) is 7.64. The molecule has 0 bridgehead atoms. The van der Waals surface area contributed by atoms with E-state index < -0.39 is 0 Å². The topological polar surface area (TPSA) is 0 Å². The van der Waals surface area contributed by atoms with Gasteiger partial charge in [-0.05, 0) is 24.8 Å². The zero-order valence-corrected chi connectivity index (χ0v) is 10.3. The first kappa shape index (κ1) is 11.4. The van der Waals surface area contributed by atoms with Crippen LogP contribution in [0.25, 0.3) is 6.08 Å². The zero-order chi connectivity index (χ0) is 11.4. The molecule has 1 aromatic rings. The van der Waals surface area contributed by atoms with Crippen LogP contribution in [0.2, 0.25) is 0 Å². The van der Waals surface area contributed by atoms with Crippen LogP contribution in [0.5, 0.6) is 0 Å². The van der Waals surface area contributed by atoms with Crippen LogP contribution in [0.3, 0.4) is 0 Å². The molecule has 0 aliphatic carbocycles. The number of rotatable bonds is 3. The maximum Gasteiger partial charge on any atom is 0.104 e. The smallest absolute Gasteiger partial charge is 0.104 e. The van der Waals surface area contributed by atoms with E-state index in [1.165, 1.54) is 54.5 Å². The molecular weight excluding hydrogens is 194 g/mol. The van der Waals surface area contributed by atoms with Gasteiger partial charge >= 0.3 is 0 Å². The van der Waals surface area contributed by atoms with E-state index in [0.717, 1.165) is 0 Å². The fourth-order valence-electron chi connectivity index (χ4n) is 2.63. The van der Waals surface area contributed by atoms with Gasteiger partial charge in [-0.2, -0.15) is 0 Å². The van der Waals surface area contributed by atoms with Gasteiger partial charge in [-0.15, -0.1) is 0 Å². The van der Waals surface area contributed by atoms with Gasteiger partial charge in [0.25, 0.3) is 0 Å². The summed E-state index contributed by atoms with van der Waals surface area (Å²) in [5.74, 6) is 0. The number of likely N-dealkylation sites (tertiary alicyclic amines) is 1. The molecule has 0 N–H and O–H groups in total. The van der Waals surface area contributed by atoms with Crippen LogP contribution in [0.4, 0.5) is 0 Å². The lowest BCUT2D eigenvalue weighted by atomic mass is 10.1. The summed E-state index contributed by atoms with van der Waals surface area (Å²) in [4.78, 5) is 0. The average Bonchev–Trinajstić information content (AvgIpc) is 2.30. The number of benzene rings is 1. The average molecular weight is 216 g/mol. The first-order valence-electron chi connectivity index (χ1n) is 6.27. The zero-order valence-electron chi connectivity index (χ0n) is 10.3. The Hall–Kier alpha value is -1.08. The number of nitrogens with zero attached hydrogens (tertiary/aromatic N) is 1. The maximum atomic E-state index is 3.79. The molecule has 1 heterocycles. The summed E-state index contributed by atoms with van der Waals surface area (Å²) < 4.78 is 1.22. The molecule has 2 rings (SSSR count). The highest BCUT2D eigenvalue weighted by Crippen LogP contribution is 2.20. The quantitative estimate of drug-likeness (QED) is 0.679. The van der Waals surface area contributed by atoms with E-state index in [-0.39, 0.29) is 0 Å². The van der Waals surface area contributed by atoms with Crippen molar-refractivity contribution < 1.29 is 4.48 Å². The summed E-state index contributed by atoms with van der Waals surface area (Å²) in [7, 11) is 2.39. The van der Waals surface area contributed by atoms with Crippen LogP contribution in [-0.2, 0) is 6.54 Å². The molecule has 1 heteroatoms. The van der Waals surface area contributed by atoms with Crippen molar-refractivity contribution in [2.24, 2.45) is 0 Å². The van der Waals surface area contributed by atoms with E-state index >= 15 is 0 Å². The normalized spacial score (nSPS) is 19.3. The minimum atomic E-state index is 1.18. The van der Waals surface area contributed by atoms with Crippen LogP contribution in [0, 0.1) is 0 Å². The van der Waals surface area contributed by atoms with E-state index in [4.69, 9.17) is 0 Å². The van der Waals surface area contributed by atoms with Gasteiger partial charge in [-0.25, -0.2) is 0 Å². The standard InChI is InChI=1S/C15H22N/c1-3-14-7-9-15(10-8-14)13-16(2)11-5-4-6-12-16/h3,7-10H,1,4-6,11-13H2,2H3/q+1. The first-order chi connectivity index (χ1) is 7.72. The Bertz CT molecular complexity index is 344. The van der Waals surface area contributed by atoms with Gasteiger partial charge < -0.3 is 4.48 Å². The fourth-order valence-corrected chi connectivity index (χ4v) is 2.63. The van der Waals surface area contributed by atoms with E-state index in [0.29, 0.717) is 0 Å². The van der Waals surface area contributed by atoms with Gasteiger partial charge in [0.2, 0.25) is 0 Å². The molecule has 0 aromatic heterocycles. The Kier molecular flexibility index (Phi) is 3.45. The first-order valence-corrected chi connectivity index (χ1v) is 6.27. The lowest BCUT2D eigenvalue weighted by Crippen LogP contribution is -2.46. The van der Waals surface area contributed by atoms with E-state index in [1.807, 2.05) is 6.08 Å². The Labute approximate surface area is 99.0 Å². The highest BCUT2D eigenvalue weighted by molar-refractivity contribution is 5.47. The summed E-state index contributed by atoms with van der Waals surface area (Å²) in [6.07, 6.45) is 6.10. The molecule has 0 radical (unpaired) electrons. The second-order valence-corrected chi connectivity index (χ2v) is 5.23. The summed E-state index contributed by atoms with van der Waals surface area (Å²) in [6, 6.07) is 8.82. The molecule has 86 valence electrons. The molecule has 0 saturated carbocycles.